The molecule has 1 N–H and O–H groups in total. The van der Waals surface area contributed by atoms with Gasteiger partial charge in [-0.15, -0.1) is 12.6 Å². The molecule has 0 unspecified atom stereocenters. The lowest BCUT2D eigenvalue weighted by atomic mass is 10.2. The third-order valence-corrected chi connectivity index (χ3v) is 2.09. The third-order valence-electron chi connectivity index (χ3n) is 1.73. The molecule has 1 aromatic carbocycles. The Morgan fingerprint density at radius 1 is 1.25 bits per heavy atom. The average molecular weight is 177 g/mol. The molecule has 60 valence electrons. The molecule has 0 saturated carbocycles. The van der Waals surface area contributed by atoms with Crippen LogP contribution in [0.1, 0.15) is 0 Å². The Balaban J connectivity index is 2.95. The molecule has 0 spiro atoms. The third kappa shape index (κ3) is 1.02. The number of hydrogen-bond donors (Lipinski definition) is 2. The molecule has 0 aliphatic carbocycles. The molecule has 0 saturated heterocycles. The van der Waals surface area contributed by atoms with Crippen molar-refractivity contribution in [2.24, 2.45) is 0 Å². The van der Waals surface area contributed by atoms with Crippen LogP contribution in [0.5, 0.6) is 5.75 Å². The lowest BCUT2D eigenvalue weighted by molar-refractivity contribution is 0.481. The summed E-state index contributed by atoms with van der Waals surface area (Å²) in [6.07, 6.45) is 1.68. The van der Waals surface area contributed by atoms with Gasteiger partial charge in [-0.2, -0.15) is 0 Å². The van der Waals surface area contributed by atoms with Gasteiger partial charge >= 0.3 is 0 Å². The van der Waals surface area contributed by atoms with E-state index in [-0.39, 0.29) is 5.75 Å². The molecule has 0 fully saturated rings. The van der Waals surface area contributed by atoms with Crippen molar-refractivity contribution in [2.45, 2.75) is 4.90 Å². The van der Waals surface area contributed by atoms with Crippen LogP contribution in [0.25, 0.3) is 10.9 Å². The molecule has 0 radical (unpaired) electrons. The molecule has 12 heavy (non-hydrogen) atoms. The van der Waals surface area contributed by atoms with Crippen molar-refractivity contribution < 1.29 is 5.11 Å². The first-order valence-electron chi connectivity index (χ1n) is 3.55. The van der Waals surface area contributed by atoms with Gasteiger partial charge in [-0.1, -0.05) is 0 Å². The van der Waals surface area contributed by atoms with Gasteiger partial charge in [0, 0.05) is 16.5 Å². The number of pyridine rings is 1. The Morgan fingerprint density at radius 3 is 2.83 bits per heavy atom. The van der Waals surface area contributed by atoms with Crippen LogP contribution >= 0.6 is 12.6 Å². The van der Waals surface area contributed by atoms with Gasteiger partial charge in [0.05, 0.1) is 5.52 Å². The van der Waals surface area contributed by atoms with Crippen LogP contribution in [0, 0.1) is 0 Å². The van der Waals surface area contributed by atoms with E-state index in [1.54, 1.807) is 24.4 Å². The second-order valence-electron chi connectivity index (χ2n) is 2.50. The van der Waals surface area contributed by atoms with Crippen LogP contribution in [0.15, 0.2) is 35.4 Å². The molecule has 0 atom stereocenters. The minimum Gasteiger partial charge on any atom is -0.507 e. The van der Waals surface area contributed by atoms with Crippen LogP contribution in [0.2, 0.25) is 0 Å². The maximum absolute atomic E-state index is 9.42. The molecule has 1 aromatic heterocycles. The van der Waals surface area contributed by atoms with Crippen molar-refractivity contribution in [1.29, 1.82) is 0 Å². The van der Waals surface area contributed by atoms with Crippen LogP contribution in [0.3, 0.4) is 0 Å². The predicted octanol–water partition coefficient (Wildman–Crippen LogP) is 2.23. The van der Waals surface area contributed by atoms with Gasteiger partial charge in [0.25, 0.3) is 0 Å². The van der Waals surface area contributed by atoms with E-state index < -0.39 is 0 Å². The van der Waals surface area contributed by atoms with Crippen molar-refractivity contribution in [3.05, 3.63) is 30.5 Å². The maximum atomic E-state index is 9.42. The summed E-state index contributed by atoms with van der Waals surface area (Å²) in [5.41, 5.74) is 0.737. The average Bonchev–Trinajstić information content (AvgIpc) is 2.12. The van der Waals surface area contributed by atoms with Gasteiger partial charge in [0.15, 0.2) is 0 Å². The van der Waals surface area contributed by atoms with Crippen molar-refractivity contribution in [3.63, 3.8) is 0 Å². The number of aromatic nitrogens is 1. The first-order valence-corrected chi connectivity index (χ1v) is 3.99. The van der Waals surface area contributed by atoms with Crippen LogP contribution in [0.4, 0.5) is 0 Å². The van der Waals surface area contributed by atoms with Crippen LogP contribution in [-0.2, 0) is 0 Å². The van der Waals surface area contributed by atoms with Crippen molar-refractivity contribution >= 4 is 23.5 Å². The molecule has 2 rings (SSSR count). The number of benzene rings is 1. The zero-order chi connectivity index (χ0) is 8.55. The van der Waals surface area contributed by atoms with E-state index in [1.807, 2.05) is 6.07 Å². The fourth-order valence-electron chi connectivity index (χ4n) is 1.14. The minimum atomic E-state index is 0.246. The van der Waals surface area contributed by atoms with E-state index in [9.17, 15) is 5.11 Å². The van der Waals surface area contributed by atoms with Crippen molar-refractivity contribution in [3.8, 4) is 5.75 Å². The Labute approximate surface area is 75.3 Å². The molecular weight excluding hydrogens is 170 g/mol. The number of thiol groups is 1. The monoisotopic (exact) mass is 177 g/mol. The largest absolute Gasteiger partial charge is 0.507 e. The van der Waals surface area contributed by atoms with E-state index in [1.165, 1.54) is 0 Å². The normalized spacial score (nSPS) is 10.4. The lowest BCUT2D eigenvalue weighted by Gasteiger charge is -2.00. The second kappa shape index (κ2) is 2.68. The van der Waals surface area contributed by atoms with E-state index in [0.29, 0.717) is 0 Å². The van der Waals surface area contributed by atoms with Crippen molar-refractivity contribution in [1.82, 2.24) is 4.98 Å². The fraction of sp³-hybridized carbons (Fsp3) is 0. The first-order chi connectivity index (χ1) is 5.79. The number of nitrogens with zero attached hydrogens (tertiary/aromatic N) is 1. The van der Waals surface area contributed by atoms with Crippen LogP contribution in [-0.4, -0.2) is 10.1 Å². The molecular formula is C9H7NOS. The van der Waals surface area contributed by atoms with Crippen LogP contribution < -0.4 is 0 Å². The molecule has 0 bridgehead atoms. The number of phenols is 1. The van der Waals surface area contributed by atoms with Gasteiger partial charge in [0.1, 0.15) is 5.75 Å². The highest BCUT2D eigenvalue weighted by atomic mass is 32.1. The molecule has 0 aliphatic rings. The summed E-state index contributed by atoms with van der Waals surface area (Å²) in [6.45, 7) is 0. The Bertz CT molecular complexity index is 387. The number of fused-ring (bicyclic) bond motifs is 1. The van der Waals surface area contributed by atoms with Gasteiger partial charge in [-0.3, -0.25) is 4.98 Å². The summed E-state index contributed by atoms with van der Waals surface area (Å²) < 4.78 is 0. The van der Waals surface area contributed by atoms with Gasteiger partial charge in [-0.25, -0.2) is 0 Å². The first kappa shape index (κ1) is 7.43. The van der Waals surface area contributed by atoms with Gasteiger partial charge in [-0.05, 0) is 24.3 Å². The summed E-state index contributed by atoms with van der Waals surface area (Å²) in [4.78, 5) is 4.89. The minimum absolute atomic E-state index is 0.246. The Kier molecular flexibility index (Phi) is 1.66. The summed E-state index contributed by atoms with van der Waals surface area (Å²) in [5, 5.41) is 10.2. The number of phenolic OH excluding ortho intramolecular Hbond substituents is 1. The highest BCUT2D eigenvalue weighted by molar-refractivity contribution is 7.80. The smallest absolute Gasteiger partial charge is 0.125 e. The van der Waals surface area contributed by atoms with Gasteiger partial charge in [0.2, 0.25) is 0 Å². The highest BCUT2D eigenvalue weighted by Gasteiger charge is 2.01. The van der Waals surface area contributed by atoms with Gasteiger partial charge < -0.3 is 5.11 Å². The Hall–Kier alpha value is -1.22. The number of aromatic hydroxyl groups is 1. The second-order valence-corrected chi connectivity index (χ2v) is 2.99. The molecule has 2 nitrogen and oxygen atoms in total. The Morgan fingerprint density at radius 2 is 2.08 bits per heavy atom. The van der Waals surface area contributed by atoms with E-state index >= 15 is 0 Å². The fourth-order valence-corrected chi connectivity index (χ4v) is 1.40. The number of hydrogen-bond acceptors (Lipinski definition) is 3. The van der Waals surface area contributed by atoms with Crippen molar-refractivity contribution in [2.75, 3.05) is 0 Å². The number of rotatable bonds is 0. The summed E-state index contributed by atoms with van der Waals surface area (Å²) in [6, 6.07) is 6.95. The highest BCUT2D eigenvalue weighted by Crippen LogP contribution is 2.27. The molecule has 3 heteroatoms. The summed E-state index contributed by atoms with van der Waals surface area (Å²) >= 11 is 4.22. The predicted molar refractivity (Wildman–Crippen MR) is 50.7 cm³/mol. The quantitative estimate of drug-likeness (QED) is 0.605. The summed E-state index contributed by atoms with van der Waals surface area (Å²) in [5.74, 6) is 0.246. The summed E-state index contributed by atoms with van der Waals surface area (Å²) in [7, 11) is 0. The van der Waals surface area contributed by atoms with E-state index in [4.69, 9.17) is 0 Å². The topological polar surface area (TPSA) is 33.1 Å². The maximum Gasteiger partial charge on any atom is 0.125 e. The molecule has 0 aliphatic heterocycles. The zero-order valence-electron chi connectivity index (χ0n) is 6.23. The standard InChI is InChI=1S/C9H7NOS/c11-7-3-4-8(12)9-6(7)2-1-5-10-9/h1-5,11-12H. The molecule has 2 aromatic rings. The lowest BCUT2D eigenvalue weighted by Crippen LogP contribution is -1.79. The molecule has 1 heterocycles. The zero-order valence-corrected chi connectivity index (χ0v) is 7.12. The van der Waals surface area contributed by atoms with E-state index in [0.717, 1.165) is 15.8 Å². The SMILES string of the molecule is Oc1ccc(S)c2ncccc12. The molecule has 0 amide bonds. The van der Waals surface area contributed by atoms with E-state index in [2.05, 4.69) is 17.6 Å².